The molecule has 0 N–H and O–H groups in total. The van der Waals surface area contributed by atoms with E-state index < -0.39 is 12.1 Å². The standard InChI is InChI=1S/C18H22N4O3/c1-14(17(24)21(2)12-15-8-5-4-6-9-15)25-16(23)13-22(3)18-19-10-7-11-20-18/h4-11,14H,12-13H2,1-3H3/t14-/m0/s1. The first kappa shape index (κ1) is 18.4. The van der Waals surface area contributed by atoms with Crippen LogP contribution in [0.5, 0.6) is 0 Å². The number of anilines is 1. The van der Waals surface area contributed by atoms with Gasteiger partial charge in [-0.3, -0.25) is 9.59 Å². The van der Waals surface area contributed by atoms with E-state index in [1.165, 1.54) is 4.90 Å². The molecule has 0 saturated heterocycles. The lowest BCUT2D eigenvalue weighted by molar-refractivity contribution is -0.157. The maximum atomic E-state index is 12.3. The van der Waals surface area contributed by atoms with Crippen LogP contribution in [0.25, 0.3) is 0 Å². The summed E-state index contributed by atoms with van der Waals surface area (Å²) in [5.74, 6) is -0.348. The van der Waals surface area contributed by atoms with Gasteiger partial charge < -0.3 is 14.5 Å². The number of amides is 1. The van der Waals surface area contributed by atoms with Crippen LogP contribution in [0.4, 0.5) is 5.95 Å². The molecule has 0 aliphatic carbocycles. The summed E-state index contributed by atoms with van der Waals surface area (Å²) in [7, 11) is 3.37. The fraction of sp³-hybridized carbons (Fsp3) is 0.333. The van der Waals surface area contributed by atoms with Crippen molar-refractivity contribution in [1.82, 2.24) is 14.9 Å². The van der Waals surface area contributed by atoms with Gasteiger partial charge in [-0.2, -0.15) is 0 Å². The average Bonchev–Trinajstić information content (AvgIpc) is 2.62. The van der Waals surface area contributed by atoms with Gasteiger partial charge in [0.05, 0.1) is 0 Å². The van der Waals surface area contributed by atoms with Gasteiger partial charge in [0.15, 0.2) is 6.10 Å². The highest BCUT2D eigenvalue weighted by Crippen LogP contribution is 2.07. The third-order valence-electron chi connectivity index (χ3n) is 3.55. The molecule has 1 aromatic heterocycles. The van der Waals surface area contributed by atoms with Crippen LogP contribution in [0.2, 0.25) is 0 Å². The Balaban J connectivity index is 1.84. The molecule has 1 aromatic carbocycles. The second-order valence-corrected chi connectivity index (χ2v) is 5.72. The second-order valence-electron chi connectivity index (χ2n) is 5.72. The molecule has 7 heteroatoms. The zero-order chi connectivity index (χ0) is 18.2. The van der Waals surface area contributed by atoms with E-state index in [-0.39, 0.29) is 12.5 Å². The number of aromatic nitrogens is 2. The van der Waals surface area contributed by atoms with Crippen molar-refractivity contribution >= 4 is 17.8 Å². The van der Waals surface area contributed by atoms with Gasteiger partial charge in [0.1, 0.15) is 6.54 Å². The molecular formula is C18H22N4O3. The molecule has 25 heavy (non-hydrogen) atoms. The number of nitrogens with zero attached hydrogens (tertiary/aromatic N) is 4. The first-order valence-corrected chi connectivity index (χ1v) is 7.94. The van der Waals surface area contributed by atoms with Gasteiger partial charge in [-0.1, -0.05) is 30.3 Å². The lowest BCUT2D eigenvalue weighted by atomic mass is 10.2. The van der Waals surface area contributed by atoms with Crippen molar-refractivity contribution in [2.75, 3.05) is 25.5 Å². The van der Waals surface area contributed by atoms with Gasteiger partial charge in [-0.05, 0) is 18.6 Å². The minimum absolute atomic E-state index is 0.0377. The fourth-order valence-electron chi connectivity index (χ4n) is 2.28. The Morgan fingerprint density at radius 1 is 1.08 bits per heavy atom. The molecule has 2 aromatic rings. The average molecular weight is 342 g/mol. The van der Waals surface area contributed by atoms with E-state index in [1.54, 1.807) is 44.4 Å². The Labute approximate surface area is 147 Å². The van der Waals surface area contributed by atoms with Crippen LogP contribution < -0.4 is 4.90 Å². The van der Waals surface area contributed by atoms with Crippen LogP contribution in [0.1, 0.15) is 12.5 Å². The van der Waals surface area contributed by atoms with Crippen LogP contribution in [-0.2, 0) is 20.9 Å². The van der Waals surface area contributed by atoms with Crippen LogP contribution in [0.3, 0.4) is 0 Å². The number of rotatable bonds is 7. The number of carbonyl (C=O) groups excluding carboxylic acids is 2. The van der Waals surface area contributed by atoms with E-state index in [1.807, 2.05) is 30.3 Å². The first-order valence-electron chi connectivity index (χ1n) is 7.94. The molecule has 0 saturated carbocycles. The lowest BCUT2D eigenvalue weighted by Gasteiger charge is -2.22. The molecule has 7 nitrogen and oxygen atoms in total. The van der Waals surface area contributed by atoms with Crippen molar-refractivity contribution in [2.45, 2.75) is 19.6 Å². The third kappa shape index (κ3) is 5.56. The van der Waals surface area contributed by atoms with E-state index in [4.69, 9.17) is 4.74 Å². The Hall–Kier alpha value is -2.96. The molecule has 0 fully saturated rings. The zero-order valence-corrected chi connectivity index (χ0v) is 14.6. The Morgan fingerprint density at radius 2 is 1.72 bits per heavy atom. The van der Waals surface area contributed by atoms with Gasteiger partial charge in [0.2, 0.25) is 5.95 Å². The van der Waals surface area contributed by atoms with E-state index in [9.17, 15) is 9.59 Å². The van der Waals surface area contributed by atoms with E-state index >= 15 is 0 Å². The van der Waals surface area contributed by atoms with Crippen molar-refractivity contribution in [2.24, 2.45) is 0 Å². The molecule has 1 atom stereocenters. The fourth-order valence-corrected chi connectivity index (χ4v) is 2.28. The Bertz CT molecular complexity index is 694. The Kier molecular flexibility index (Phi) is 6.45. The quantitative estimate of drug-likeness (QED) is 0.710. The predicted octanol–water partition coefficient (Wildman–Crippen LogP) is 1.50. The minimum atomic E-state index is -0.855. The van der Waals surface area contributed by atoms with Crippen molar-refractivity contribution < 1.29 is 14.3 Å². The van der Waals surface area contributed by atoms with Gasteiger partial charge in [-0.25, -0.2) is 9.97 Å². The highest BCUT2D eigenvalue weighted by Gasteiger charge is 2.22. The largest absolute Gasteiger partial charge is 0.451 e. The number of likely N-dealkylation sites (N-methyl/N-ethyl adjacent to an activating group) is 2. The van der Waals surface area contributed by atoms with E-state index in [0.29, 0.717) is 12.5 Å². The Morgan fingerprint density at radius 3 is 2.36 bits per heavy atom. The SMILES string of the molecule is C[C@H](OC(=O)CN(C)c1ncccn1)C(=O)N(C)Cc1ccccc1. The van der Waals surface area contributed by atoms with Crippen molar-refractivity contribution in [3.05, 3.63) is 54.4 Å². The summed E-state index contributed by atoms with van der Waals surface area (Å²) in [4.78, 5) is 35.6. The molecule has 1 heterocycles. The van der Waals surface area contributed by atoms with Crippen molar-refractivity contribution in [3.8, 4) is 0 Å². The number of hydrogen-bond acceptors (Lipinski definition) is 6. The molecule has 0 unspecified atom stereocenters. The summed E-state index contributed by atoms with van der Waals surface area (Å²) in [5, 5.41) is 0. The molecule has 0 radical (unpaired) electrons. The molecule has 2 rings (SSSR count). The molecule has 1 amide bonds. The number of esters is 1. The summed E-state index contributed by atoms with van der Waals surface area (Å²) >= 11 is 0. The van der Waals surface area contributed by atoms with Gasteiger partial charge in [0.25, 0.3) is 5.91 Å². The number of benzene rings is 1. The summed E-state index contributed by atoms with van der Waals surface area (Å²) in [6.45, 7) is 1.99. The first-order chi connectivity index (χ1) is 12.0. The molecule has 0 bridgehead atoms. The maximum absolute atomic E-state index is 12.3. The monoisotopic (exact) mass is 342 g/mol. The summed E-state index contributed by atoms with van der Waals surface area (Å²) in [6.07, 6.45) is 2.33. The number of carbonyl (C=O) groups is 2. The number of hydrogen-bond donors (Lipinski definition) is 0. The summed E-state index contributed by atoms with van der Waals surface area (Å²) in [5.41, 5.74) is 1.01. The van der Waals surface area contributed by atoms with Crippen LogP contribution >= 0.6 is 0 Å². The second kappa shape index (κ2) is 8.77. The smallest absolute Gasteiger partial charge is 0.326 e. The molecule has 0 aliphatic heterocycles. The topological polar surface area (TPSA) is 75.6 Å². The van der Waals surface area contributed by atoms with Crippen LogP contribution in [-0.4, -0.2) is 53.5 Å². The molecule has 132 valence electrons. The highest BCUT2D eigenvalue weighted by molar-refractivity contribution is 5.84. The van der Waals surface area contributed by atoms with Crippen molar-refractivity contribution in [1.29, 1.82) is 0 Å². The van der Waals surface area contributed by atoms with Gasteiger partial charge in [0, 0.05) is 33.0 Å². The van der Waals surface area contributed by atoms with Gasteiger partial charge in [-0.15, -0.1) is 0 Å². The highest BCUT2D eigenvalue weighted by atomic mass is 16.5. The lowest BCUT2D eigenvalue weighted by Crippen LogP contribution is -2.39. The van der Waals surface area contributed by atoms with Crippen molar-refractivity contribution in [3.63, 3.8) is 0 Å². The predicted molar refractivity (Wildman–Crippen MR) is 93.8 cm³/mol. The zero-order valence-electron chi connectivity index (χ0n) is 14.6. The van der Waals surface area contributed by atoms with Crippen LogP contribution in [0.15, 0.2) is 48.8 Å². The maximum Gasteiger partial charge on any atom is 0.326 e. The number of ether oxygens (including phenoxy) is 1. The van der Waals surface area contributed by atoms with Crippen LogP contribution in [0, 0.1) is 0 Å². The van der Waals surface area contributed by atoms with E-state index in [2.05, 4.69) is 9.97 Å². The third-order valence-corrected chi connectivity index (χ3v) is 3.55. The minimum Gasteiger partial charge on any atom is -0.451 e. The summed E-state index contributed by atoms with van der Waals surface area (Å²) < 4.78 is 5.24. The normalized spacial score (nSPS) is 11.5. The molecule has 0 spiro atoms. The summed E-state index contributed by atoms with van der Waals surface area (Å²) in [6, 6.07) is 11.3. The molecular weight excluding hydrogens is 320 g/mol. The van der Waals surface area contributed by atoms with E-state index in [0.717, 1.165) is 5.56 Å². The molecule has 0 aliphatic rings. The van der Waals surface area contributed by atoms with Gasteiger partial charge >= 0.3 is 5.97 Å².